The Hall–Kier alpha value is -3.46. The summed E-state index contributed by atoms with van der Waals surface area (Å²) >= 11 is 0. The number of carbonyl (C=O) groups excluding carboxylic acids is 1. The van der Waals surface area contributed by atoms with Crippen LogP contribution in [0.3, 0.4) is 0 Å². The fourth-order valence-corrected chi connectivity index (χ4v) is 4.54. The summed E-state index contributed by atoms with van der Waals surface area (Å²) in [5.74, 6) is -0.949. The minimum atomic E-state index is -4.02. The van der Waals surface area contributed by atoms with Crippen molar-refractivity contribution in [1.29, 1.82) is 0 Å². The molecule has 0 unspecified atom stereocenters. The fourth-order valence-electron chi connectivity index (χ4n) is 3.47. The summed E-state index contributed by atoms with van der Waals surface area (Å²) in [6.07, 6.45) is 1.26. The molecule has 6 nitrogen and oxygen atoms in total. The SMILES string of the molecule is COc1ccc(NC(=O)C2(c3ccc(F)cc3)CC2)cc1NS(=O)(=O)c1ccc(F)cc1. The van der Waals surface area contributed by atoms with Gasteiger partial charge in [-0.1, -0.05) is 12.1 Å². The predicted octanol–water partition coefficient (Wildman–Crippen LogP) is 4.44. The van der Waals surface area contributed by atoms with Gasteiger partial charge in [-0.15, -0.1) is 0 Å². The Morgan fingerprint density at radius 2 is 1.53 bits per heavy atom. The summed E-state index contributed by atoms with van der Waals surface area (Å²) in [6, 6.07) is 14.8. The van der Waals surface area contributed by atoms with Crippen molar-refractivity contribution in [1.82, 2.24) is 0 Å². The van der Waals surface area contributed by atoms with E-state index in [-0.39, 0.29) is 28.1 Å². The molecule has 0 spiro atoms. The number of hydrogen-bond acceptors (Lipinski definition) is 4. The number of hydrogen-bond donors (Lipinski definition) is 2. The fraction of sp³-hybridized carbons (Fsp3) is 0.174. The highest BCUT2D eigenvalue weighted by atomic mass is 32.2. The van der Waals surface area contributed by atoms with Crippen LogP contribution in [0.15, 0.2) is 71.6 Å². The number of amides is 1. The van der Waals surface area contributed by atoms with Crippen molar-refractivity contribution in [2.45, 2.75) is 23.2 Å². The largest absolute Gasteiger partial charge is 0.495 e. The predicted molar refractivity (Wildman–Crippen MR) is 116 cm³/mol. The van der Waals surface area contributed by atoms with Crippen molar-refractivity contribution >= 4 is 27.3 Å². The Kier molecular flexibility index (Phi) is 5.60. The minimum Gasteiger partial charge on any atom is -0.495 e. The van der Waals surface area contributed by atoms with Gasteiger partial charge in [0.1, 0.15) is 17.4 Å². The third-order valence-corrected chi connectivity index (χ3v) is 6.79. The second-order valence-electron chi connectivity index (χ2n) is 7.52. The van der Waals surface area contributed by atoms with Crippen LogP contribution in [-0.4, -0.2) is 21.4 Å². The van der Waals surface area contributed by atoms with Gasteiger partial charge in [-0.05, 0) is 73.0 Å². The highest BCUT2D eigenvalue weighted by Gasteiger charge is 2.51. The number of methoxy groups -OCH3 is 1. The molecule has 0 aliphatic heterocycles. The van der Waals surface area contributed by atoms with Crippen molar-refractivity contribution in [2.75, 3.05) is 17.1 Å². The molecule has 3 aromatic rings. The van der Waals surface area contributed by atoms with Crippen LogP contribution in [0.2, 0.25) is 0 Å². The van der Waals surface area contributed by atoms with Crippen LogP contribution in [0.5, 0.6) is 5.75 Å². The van der Waals surface area contributed by atoms with Gasteiger partial charge in [0.25, 0.3) is 10.0 Å². The van der Waals surface area contributed by atoms with E-state index in [1.807, 2.05) is 0 Å². The smallest absolute Gasteiger partial charge is 0.262 e. The zero-order chi connectivity index (χ0) is 22.9. The van der Waals surface area contributed by atoms with Gasteiger partial charge in [-0.2, -0.15) is 0 Å². The summed E-state index contributed by atoms with van der Waals surface area (Å²) in [5, 5.41) is 2.81. The van der Waals surface area contributed by atoms with Gasteiger partial charge in [0, 0.05) is 5.69 Å². The maximum Gasteiger partial charge on any atom is 0.262 e. The number of anilines is 2. The van der Waals surface area contributed by atoms with E-state index < -0.39 is 21.3 Å². The molecule has 0 atom stereocenters. The summed E-state index contributed by atoms with van der Waals surface area (Å²) in [6.45, 7) is 0. The number of halogens is 2. The van der Waals surface area contributed by atoms with E-state index in [1.54, 1.807) is 18.2 Å². The number of ether oxygens (including phenoxy) is 1. The summed E-state index contributed by atoms with van der Waals surface area (Å²) in [4.78, 5) is 12.9. The van der Waals surface area contributed by atoms with E-state index in [0.717, 1.165) is 29.8 Å². The number of sulfonamides is 1. The Labute approximate surface area is 184 Å². The van der Waals surface area contributed by atoms with Gasteiger partial charge in [-0.25, -0.2) is 17.2 Å². The molecule has 0 radical (unpaired) electrons. The number of benzene rings is 3. The molecular formula is C23H20F2N2O4S. The Morgan fingerprint density at radius 1 is 0.938 bits per heavy atom. The molecule has 0 aromatic heterocycles. The molecule has 166 valence electrons. The quantitative estimate of drug-likeness (QED) is 0.548. The topological polar surface area (TPSA) is 84.5 Å². The van der Waals surface area contributed by atoms with Crippen molar-refractivity contribution < 1.29 is 26.7 Å². The van der Waals surface area contributed by atoms with Crippen LogP contribution < -0.4 is 14.8 Å². The molecule has 32 heavy (non-hydrogen) atoms. The molecule has 1 saturated carbocycles. The Bertz CT molecular complexity index is 1260. The van der Waals surface area contributed by atoms with Gasteiger partial charge in [0.05, 0.1) is 23.1 Å². The highest BCUT2D eigenvalue weighted by molar-refractivity contribution is 7.92. The second kappa shape index (κ2) is 8.23. The first-order chi connectivity index (χ1) is 15.2. The van der Waals surface area contributed by atoms with E-state index in [2.05, 4.69) is 10.0 Å². The van der Waals surface area contributed by atoms with Gasteiger partial charge >= 0.3 is 0 Å². The van der Waals surface area contributed by atoms with Crippen molar-refractivity contribution in [3.8, 4) is 5.75 Å². The van der Waals surface area contributed by atoms with Crippen LogP contribution in [0.4, 0.5) is 20.2 Å². The average Bonchev–Trinajstić information content (AvgIpc) is 3.57. The van der Waals surface area contributed by atoms with Crippen LogP contribution >= 0.6 is 0 Å². The van der Waals surface area contributed by atoms with E-state index in [4.69, 9.17) is 4.74 Å². The summed E-state index contributed by atoms with van der Waals surface area (Å²) < 4.78 is 59.4. The zero-order valence-corrected chi connectivity index (χ0v) is 17.9. The molecule has 1 aliphatic carbocycles. The van der Waals surface area contributed by atoms with E-state index in [9.17, 15) is 22.0 Å². The molecule has 4 rings (SSSR count). The first kappa shape index (κ1) is 21.8. The van der Waals surface area contributed by atoms with Gasteiger partial charge in [-0.3, -0.25) is 9.52 Å². The minimum absolute atomic E-state index is 0.112. The number of nitrogens with one attached hydrogen (secondary N) is 2. The highest BCUT2D eigenvalue weighted by Crippen LogP contribution is 2.49. The molecular weight excluding hydrogens is 438 g/mol. The molecule has 0 saturated heterocycles. The standard InChI is InChI=1S/C23H20F2N2O4S/c1-31-21-11-8-18(14-20(21)27-32(29,30)19-9-6-17(25)7-10-19)26-22(28)23(12-13-23)15-2-4-16(24)5-3-15/h2-11,14,27H,12-13H2,1H3,(H,26,28). The molecule has 2 N–H and O–H groups in total. The maximum absolute atomic E-state index is 13.2. The van der Waals surface area contributed by atoms with E-state index in [1.165, 1.54) is 31.4 Å². The van der Waals surface area contributed by atoms with Crippen LogP contribution in [-0.2, 0) is 20.2 Å². The van der Waals surface area contributed by atoms with Gasteiger partial charge < -0.3 is 10.1 Å². The van der Waals surface area contributed by atoms with Crippen molar-refractivity contribution in [3.05, 3.63) is 83.9 Å². The third kappa shape index (κ3) is 4.29. The van der Waals surface area contributed by atoms with Crippen LogP contribution in [0.25, 0.3) is 0 Å². The molecule has 0 bridgehead atoms. The monoisotopic (exact) mass is 458 g/mol. The summed E-state index contributed by atoms with van der Waals surface area (Å²) in [5.41, 5.74) is 0.464. The molecule has 9 heteroatoms. The second-order valence-corrected chi connectivity index (χ2v) is 9.20. The molecule has 3 aromatic carbocycles. The average molecular weight is 458 g/mol. The van der Waals surface area contributed by atoms with Crippen molar-refractivity contribution in [3.63, 3.8) is 0 Å². The molecule has 1 aliphatic rings. The van der Waals surface area contributed by atoms with Crippen LogP contribution in [0, 0.1) is 11.6 Å². The molecule has 0 heterocycles. The number of rotatable bonds is 7. The maximum atomic E-state index is 13.2. The van der Waals surface area contributed by atoms with Crippen LogP contribution in [0.1, 0.15) is 18.4 Å². The Balaban J connectivity index is 1.57. The number of carbonyl (C=O) groups is 1. The van der Waals surface area contributed by atoms with Gasteiger partial charge in [0.15, 0.2) is 0 Å². The molecule has 1 amide bonds. The first-order valence-corrected chi connectivity index (χ1v) is 11.3. The normalized spacial score (nSPS) is 14.5. The summed E-state index contributed by atoms with van der Waals surface area (Å²) in [7, 11) is -2.63. The Morgan fingerprint density at radius 3 is 2.09 bits per heavy atom. The van der Waals surface area contributed by atoms with E-state index >= 15 is 0 Å². The zero-order valence-electron chi connectivity index (χ0n) is 17.1. The molecule has 1 fully saturated rings. The lowest BCUT2D eigenvalue weighted by Crippen LogP contribution is -2.27. The van der Waals surface area contributed by atoms with Crippen molar-refractivity contribution in [2.24, 2.45) is 0 Å². The lowest BCUT2D eigenvalue weighted by atomic mass is 9.95. The first-order valence-electron chi connectivity index (χ1n) is 9.77. The van der Waals surface area contributed by atoms with Gasteiger partial charge in [0.2, 0.25) is 5.91 Å². The van der Waals surface area contributed by atoms with E-state index in [0.29, 0.717) is 18.5 Å². The third-order valence-electron chi connectivity index (χ3n) is 5.41. The lowest BCUT2D eigenvalue weighted by Gasteiger charge is -2.18. The lowest BCUT2D eigenvalue weighted by molar-refractivity contribution is -0.118.